The zero-order valence-corrected chi connectivity index (χ0v) is 9.05. The maximum Gasteiger partial charge on any atom is 0.127 e. The van der Waals surface area contributed by atoms with E-state index in [2.05, 4.69) is 9.97 Å². The Morgan fingerprint density at radius 1 is 1.25 bits per heavy atom. The molecule has 0 amide bonds. The highest BCUT2D eigenvalue weighted by Gasteiger charge is 2.00. The summed E-state index contributed by atoms with van der Waals surface area (Å²) in [5, 5.41) is 0. The van der Waals surface area contributed by atoms with Crippen molar-refractivity contribution in [2.45, 2.75) is 6.42 Å². The summed E-state index contributed by atoms with van der Waals surface area (Å²) in [6.45, 7) is 0. The van der Waals surface area contributed by atoms with E-state index in [4.69, 9.17) is 10.5 Å². The fraction of sp³-hybridized carbons (Fsp3) is 0.167. The van der Waals surface area contributed by atoms with Gasteiger partial charge < -0.3 is 10.5 Å². The largest absolute Gasteiger partial charge is 0.497 e. The number of nitrogens with zero attached hydrogens (tertiary/aromatic N) is 2. The number of hydrogen-bond donors (Lipinski definition) is 1. The Morgan fingerprint density at radius 3 is 2.88 bits per heavy atom. The average Bonchev–Trinajstić information content (AvgIpc) is 2.29. The molecule has 0 bridgehead atoms. The summed E-state index contributed by atoms with van der Waals surface area (Å²) in [6.07, 6.45) is 2.20. The van der Waals surface area contributed by atoms with Gasteiger partial charge in [0.05, 0.1) is 12.8 Å². The van der Waals surface area contributed by atoms with Crippen molar-refractivity contribution >= 4 is 5.82 Å². The zero-order chi connectivity index (χ0) is 11.4. The Bertz CT molecular complexity index is 485. The van der Waals surface area contributed by atoms with E-state index in [1.54, 1.807) is 13.2 Å². The lowest BCUT2D eigenvalue weighted by Gasteiger charge is -2.04. The van der Waals surface area contributed by atoms with Crippen molar-refractivity contribution in [3.8, 4) is 5.75 Å². The summed E-state index contributed by atoms with van der Waals surface area (Å²) < 4.78 is 5.16. The van der Waals surface area contributed by atoms with E-state index in [0.29, 0.717) is 5.82 Å². The molecule has 4 nitrogen and oxygen atoms in total. The Labute approximate surface area is 94.1 Å². The van der Waals surface area contributed by atoms with Crippen molar-refractivity contribution in [3.05, 3.63) is 47.9 Å². The lowest BCUT2D eigenvalue weighted by atomic mass is 10.1. The number of rotatable bonds is 3. The molecule has 0 saturated carbocycles. The van der Waals surface area contributed by atoms with E-state index in [0.717, 1.165) is 23.4 Å². The third-order valence-corrected chi connectivity index (χ3v) is 2.26. The molecule has 2 aromatic rings. The normalized spacial score (nSPS) is 10.1. The number of hydrogen-bond acceptors (Lipinski definition) is 4. The third-order valence-electron chi connectivity index (χ3n) is 2.26. The van der Waals surface area contributed by atoms with E-state index >= 15 is 0 Å². The molecule has 1 aromatic carbocycles. The van der Waals surface area contributed by atoms with E-state index in [9.17, 15) is 0 Å². The topological polar surface area (TPSA) is 61.0 Å². The smallest absolute Gasteiger partial charge is 0.127 e. The van der Waals surface area contributed by atoms with Crippen LogP contribution in [0.4, 0.5) is 5.82 Å². The summed E-state index contributed by atoms with van der Waals surface area (Å²) in [4.78, 5) is 8.02. The molecule has 82 valence electrons. The summed E-state index contributed by atoms with van der Waals surface area (Å²) in [5.74, 6) is 1.34. The van der Waals surface area contributed by atoms with Crippen LogP contribution < -0.4 is 10.5 Å². The molecule has 0 radical (unpaired) electrons. The number of ether oxygens (including phenoxy) is 1. The molecule has 16 heavy (non-hydrogen) atoms. The van der Waals surface area contributed by atoms with Gasteiger partial charge in [0.2, 0.25) is 0 Å². The molecule has 0 spiro atoms. The number of aromatic nitrogens is 2. The van der Waals surface area contributed by atoms with Gasteiger partial charge in [0.25, 0.3) is 0 Å². The van der Waals surface area contributed by atoms with Gasteiger partial charge in [0, 0.05) is 12.5 Å². The van der Waals surface area contributed by atoms with Crippen LogP contribution in [0.15, 0.2) is 36.7 Å². The number of methoxy groups -OCH3 is 1. The second-order valence-electron chi connectivity index (χ2n) is 3.46. The van der Waals surface area contributed by atoms with Crippen LogP contribution in [-0.4, -0.2) is 17.1 Å². The fourth-order valence-corrected chi connectivity index (χ4v) is 1.50. The zero-order valence-electron chi connectivity index (χ0n) is 9.05. The van der Waals surface area contributed by atoms with Gasteiger partial charge in [-0.25, -0.2) is 9.97 Å². The number of nitrogens with two attached hydrogens (primary N) is 1. The maximum atomic E-state index is 5.59. The Kier molecular flexibility index (Phi) is 3.00. The number of benzene rings is 1. The highest BCUT2D eigenvalue weighted by atomic mass is 16.5. The second kappa shape index (κ2) is 4.61. The number of anilines is 1. The molecule has 0 aliphatic carbocycles. The SMILES string of the molecule is COc1cccc(Cc2cc(N)ncn2)c1. The second-order valence-corrected chi connectivity index (χ2v) is 3.46. The third kappa shape index (κ3) is 2.48. The van der Waals surface area contributed by atoms with Crippen LogP contribution in [0.2, 0.25) is 0 Å². The molecular formula is C12H13N3O. The van der Waals surface area contributed by atoms with Crippen LogP contribution in [0.5, 0.6) is 5.75 Å². The molecule has 0 aliphatic rings. The van der Waals surface area contributed by atoms with Gasteiger partial charge in [-0.1, -0.05) is 12.1 Å². The van der Waals surface area contributed by atoms with Crippen LogP contribution in [0.1, 0.15) is 11.3 Å². The standard InChI is InChI=1S/C12H13N3O/c1-16-11-4-2-3-9(6-11)5-10-7-12(13)15-8-14-10/h2-4,6-8H,5H2,1H3,(H2,13,14,15). The van der Waals surface area contributed by atoms with Crippen LogP contribution in [0.3, 0.4) is 0 Å². The van der Waals surface area contributed by atoms with Gasteiger partial charge in [0.1, 0.15) is 17.9 Å². The molecular weight excluding hydrogens is 202 g/mol. The molecule has 1 aromatic heterocycles. The molecule has 0 saturated heterocycles. The molecule has 0 unspecified atom stereocenters. The van der Waals surface area contributed by atoms with Crippen molar-refractivity contribution in [1.82, 2.24) is 9.97 Å². The van der Waals surface area contributed by atoms with Crippen LogP contribution in [-0.2, 0) is 6.42 Å². The minimum Gasteiger partial charge on any atom is -0.497 e. The summed E-state index contributed by atoms with van der Waals surface area (Å²) in [7, 11) is 1.65. The van der Waals surface area contributed by atoms with Gasteiger partial charge in [-0.2, -0.15) is 0 Å². The molecule has 2 N–H and O–H groups in total. The average molecular weight is 215 g/mol. The minimum atomic E-state index is 0.493. The summed E-state index contributed by atoms with van der Waals surface area (Å²) >= 11 is 0. The van der Waals surface area contributed by atoms with Crippen molar-refractivity contribution in [3.63, 3.8) is 0 Å². The van der Waals surface area contributed by atoms with Crippen molar-refractivity contribution in [1.29, 1.82) is 0 Å². The monoisotopic (exact) mass is 215 g/mol. The maximum absolute atomic E-state index is 5.59. The minimum absolute atomic E-state index is 0.493. The van der Waals surface area contributed by atoms with Crippen LogP contribution >= 0.6 is 0 Å². The Hall–Kier alpha value is -2.10. The first-order valence-electron chi connectivity index (χ1n) is 4.97. The first-order chi connectivity index (χ1) is 7.78. The molecule has 0 fully saturated rings. The first-order valence-corrected chi connectivity index (χ1v) is 4.97. The van der Waals surface area contributed by atoms with Gasteiger partial charge in [-0.05, 0) is 17.7 Å². The predicted octanol–water partition coefficient (Wildman–Crippen LogP) is 1.66. The summed E-state index contributed by atoms with van der Waals surface area (Å²) in [5.41, 5.74) is 7.63. The summed E-state index contributed by atoms with van der Waals surface area (Å²) in [6, 6.07) is 9.66. The van der Waals surface area contributed by atoms with Gasteiger partial charge in [-0.15, -0.1) is 0 Å². The molecule has 1 heterocycles. The Morgan fingerprint density at radius 2 is 2.12 bits per heavy atom. The lowest BCUT2D eigenvalue weighted by Crippen LogP contribution is -1.97. The van der Waals surface area contributed by atoms with E-state index in [1.807, 2.05) is 24.3 Å². The van der Waals surface area contributed by atoms with Gasteiger partial charge in [0.15, 0.2) is 0 Å². The number of nitrogen functional groups attached to an aromatic ring is 1. The Balaban J connectivity index is 2.20. The lowest BCUT2D eigenvalue weighted by molar-refractivity contribution is 0.414. The predicted molar refractivity (Wildman–Crippen MR) is 62.2 cm³/mol. The van der Waals surface area contributed by atoms with Crippen LogP contribution in [0.25, 0.3) is 0 Å². The quantitative estimate of drug-likeness (QED) is 0.845. The molecule has 2 rings (SSSR count). The highest BCUT2D eigenvalue weighted by molar-refractivity contribution is 5.34. The van der Waals surface area contributed by atoms with Crippen molar-refractivity contribution < 1.29 is 4.74 Å². The van der Waals surface area contributed by atoms with Crippen molar-refractivity contribution in [2.24, 2.45) is 0 Å². The van der Waals surface area contributed by atoms with E-state index in [-0.39, 0.29) is 0 Å². The van der Waals surface area contributed by atoms with Crippen LogP contribution in [0, 0.1) is 0 Å². The molecule has 0 atom stereocenters. The van der Waals surface area contributed by atoms with Gasteiger partial charge in [-0.3, -0.25) is 0 Å². The fourth-order valence-electron chi connectivity index (χ4n) is 1.50. The highest BCUT2D eigenvalue weighted by Crippen LogP contribution is 2.15. The first kappa shape index (κ1) is 10.4. The van der Waals surface area contributed by atoms with Gasteiger partial charge >= 0.3 is 0 Å². The molecule has 0 aliphatic heterocycles. The van der Waals surface area contributed by atoms with E-state index < -0.39 is 0 Å². The van der Waals surface area contributed by atoms with Crippen molar-refractivity contribution in [2.75, 3.05) is 12.8 Å². The molecule has 4 heteroatoms. The van der Waals surface area contributed by atoms with E-state index in [1.165, 1.54) is 6.33 Å².